The summed E-state index contributed by atoms with van der Waals surface area (Å²) in [4.78, 5) is 18.7. The summed E-state index contributed by atoms with van der Waals surface area (Å²) in [7, 11) is 0. The summed E-state index contributed by atoms with van der Waals surface area (Å²) in [6.45, 7) is 6.94. The second-order valence-electron chi connectivity index (χ2n) is 6.87. The van der Waals surface area contributed by atoms with Crippen LogP contribution in [0.5, 0.6) is 0 Å². The van der Waals surface area contributed by atoms with Crippen LogP contribution in [0.2, 0.25) is 5.15 Å². The molecule has 124 valence electrons. The topological polar surface area (TPSA) is 59.7 Å². The Labute approximate surface area is 140 Å². The van der Waals surface area contributed by atoms with E-state index in [1.165, 1.54) is 0 Å². The molecule has 0 bridgehead atoms. The van der Waals surface area contributed by atoms with E-state index in [1.54, 1.807) is 15.6 Å². The zero-order valence-corrected chi connectivity index (χ0v) is 14.4. The fourth-order valence-corrected chi connectivity index (χ4v) is 3.06. The highest BCUT2D eigenvalue weighted by molar-refractivity contribution is 6.29. The first-order valence-corrected chi connectivity index (χ1v) is 8.19. The maximum absolute atomic E-state index is 12.3. The number of ether oxygens (including phenoxy) is 1. The van der Waals surface area contributed by atoms with E-state index in [2.05, 4.69) is 10.1 Å². The number of carbonyl (C=O) groups excluding carboxylic acids is 1. The summed E-state index contributed by atoms with van der Waals surface area (Å²) in [6, 6.07) is 3.66. The van der Waals surface area contributed by atoms with Gasteiger partial charge in [0.05, 0.1) is 11.9 Å². The maximum Gasteiger partial charge on any atom is 0.410 e. The van der Waals surface area contributed by atoms with Gasteiger partial charge in [-0.15, -0.1) is 0 Å². The number of amides is 1. The Kier molecular flexibility index (Phi) is 4.19. The summed E-state index contributed by atoms with van der Waals surface area (Å²) in [5, 5.41) is 4.66. The van der Waals surface area contributed by atoms with E-state index in [4.69, 9.17) is 16.3 Å². The van der Waals surface area contributed by atoms with Crippen LogP contribution >= 0.6 is 11.6 Å². The molecule has 0 N–H and O–H groups in total. The number of nitrogens with zero attached hydrogens (tertiary/aromatic N) is 4. The summed E-state index contributed by atoms with van der Waals surface area (Å²) in [5.74, 6) is 0.161. The largest absolute Gasteiger partial charge is 0.444 e. The van der Waals surface area contributed by atoms with Crippen LogP contribution < -0.4 is 0 Å². The number of rotatable bonds is 1. The molecule has 0 aromatic carbocycles. The Bertz CT molecular complexity index is 722. The number of piperidine rings is 1. The normalized spacial score (nSPS) is 19.1. The van der Waals surface area contributed by atoms with E-state index in [1.807, 2.05) is 32.9 Å². The number of aromatic nitrogens is 3. The van der Waals surface area contributed by atoms with Gasteiger partial charge in [-0.05, 0) is 39.7 Å². The lowest BCUT2D eigenvalue weighted by Crippen LogP contribution is -2.42. The Morgan fingerprint density at radius 2 is 2.22 bits per heavy atom. The molecule has 1 aliphatic heterocycles. The van der Waals surface area contributed by atoms with Gasteiger partial charge in [-0.3, -0.25) is 0 Å². The van der Waals surface area contributed by atoms with Crippen molar-refractivity contribution in [3.8, 4) is 0 Å². The van der Waals surface area contributed by atoms with Gasteiger partial charge < -0.3 is 9.64 Å². The summed E-state index contributed by atoms with van der Waals surface area (Å²) in [6.07, 6.45) is 3.31. The van der Waals surface area contributed by atoms with Crippen LogP contribution in [-0.4, -0.2) is 44.3 Å². The zero-order chi connectivity index (χ0) is 16.6. The van der Waals surface area contributed by atoms with Crippen LogP contribution in [-0.2, 0) is 4.74 Å². The number of likely N-dealkylation sites (tertiary alicyclic amines) is 1. The van der Waals surface area contributed by atoms with E-state index in [0.29, 0.717) is 18.2 Å². The molecule has 1 aliphatic rings. The van der Waals surface area contributed by atoms with Crippen molar-refractivity contribution in [3.05, 3.63) is 29.2 Å². The van der Waals surface area contributed by atoms with Crippen LogP contribution in [0.3, 0.4) is 0 Å². The van der Waals surface area contributed by atoms with Gasteiger partial charge in [0, 0.05) is 25.1 Å². The molecule has 2 aromatic heterocycles. The van der Waals surface area contributed by atoms with Gasteiger partial charge in [0.15, 0.2) is 5.65 Å². The minimum absolute atomic E-state index is 0.161. The van der Waals surface area contributed by atoms with Crippen molar-refractivity contribution in [1.29, 1.82) is 0 Å². The lowest BCUT2D eigenvalue weighted by molar-refractivity contribution is 0.0197. The molecule has 1 saturated heterocycles. The molecule has 0 radical (unpaired) electrons. The third-order valence-electron chi connectivity index (χ3n) is 3.83. The fraction of sp³-hybridized carbons (Fsp3) is 0.562. The average molecular weight is 337 g/mol. The first-order chi connectivity index (χ1) is 10.8. The number of fused-ring (bicyclic) bond motifs is 1. The molecular formula is C16H21ClN4O2. The Hall–Kier alpha value is -1.82. The Morgan fingerprint density at radius 3 is 2.96 bits per heavy atom. The first kappa shape index (κ1) is 16.1. The summed E-state index contributed by atoms with van der Waals surface area (Å²) < 4.78 is 7.07. The van der Waals surface area contributed by atoms with E-state index in [-0.39, 0.29) is 12.0 Å². The molecule has 0 saturated carbocycles. The third kappa shape index (κ3) is 3.58. The highest BCUT2D eigenvalue weighted by atomic mass is 35.5. The second kappa shape index (κ2) is 6.00. The number of hydrogen-bond donors (Lipinski definition) is 0. The van der Waals surface area contributed by atoms with Crippen LogP contribution in [0, 0.1) is 0 Å². The van der Waals surface area contributed by atoms with E-state index < -0.39 is 5.60 Å². The van der Waals surface area contributed by atoms with Gasteiger partial charge in [0.1, 0.15) is 10.8 Å². The molecule has 3 rings (SSSR count). The van der Waals surface area contributed by atoms with Crippen LogP contribution in [0.25, 0.3) is 5.65 Å². The van der Waals surface area contributed by atoms with Gasteiger partial charge in [-0.1, -0.05) is 11.6 Å². The highest BCUT2D eigenvalue weighted by Crippen LogP contribution is 2.28. The van der Waals surface area contributed by atoms with Crippen molar-refractivity contribution < 1.29 is 9.53 Å². The van der Waals surface area contributed by atoms with Gasteiger partial charge in [-0.2, -0.15) is 5.10 Å². The van der Waals surface area contributed by atoms with Crippen molar-refractivity contribution in [2.24, 2.45) is 0 Å². The van der Waals surface area contributed by atoms with E-state index >= 15 is 0 Å². The maximum atomic E-state index is 12.3. The average Bonchev–Trinajstić information content (AvgIpc) is 2.94. The molecule has 2 aromatic rings. The molecule has 1 atom stereocenters. The summed E-state index contributed by atoms with van der Waals surface area (Å²) >= 11 is 6.26. The Balaban J connectivity index is 1.78. The number of halogens is 1. The SMILES string of the molecule is CC(C)(C)OC(=O)N1CCC[C@@H](c2cc(Cl)n3nccc3n2)C1. The summed E-state index contributed by atoms with van der Waals surface area (Å²) in [5.41, 5.74) is 1.14. The standard InChI is InChI=1S/C16H21ClN4O2/c1-16(2,3)23-15(22)20-8-4-5-11(10-20)12-9-13(17)21-14(19-12)6-7-18-21/h6-7,9,11H,4-5,8,10H2,1-3H3/t11-/m1/s1. The van der Waals surface area contributed by atoms with Crippen LogP contribution in [0.1, 0.15) is 45.2 Å². The van der Waals surface area contributed by atoms with Crippen LogP contribution in [0.4, 0.5) is 4.79 Å². The first-order valence-electron chi connectivity index (χ1n) is 7.81. The van der Waals surface area contributed by atoms with E-state index in [0.717, 1.165) is 24.2 Å². The lowest BCUT2D eigenvalue weighted by atomic mass is 9.95. The predicted molar refractivity (Wildman–Crippen MR) is 87.8 cm³/mol. The minimum Gasteiger partial charge on any atom is -0.444 e. The van der Waals surface area contributed by atoms with Crippen molar-refractivity contribution in [3.63, 3.8) is 0 Å². The lowest BCUT2D eigenvalue weighted by Gasteiger charge is -2.34. The monoisotopic (exact) mass is 336 g/mol. The molecule has 0 unspecified atom stereocenters. The van der Waals surface area contributed by atoms with Crippen molar-refractivity contribution in [2.75, 3.05) is 13.1 Å². The van der Waals surface area contributed by atoms with Gasteiger partial charge >= 0.3 is 6.09 Å². The molecule has 0 aliphatic carbocycles. The predicted octanol–water partition coefficient (Wildman–Crippen LogP) is 3.50. The molecule has 6 nitrogen and oxygen atoms in total. The van der Waals surface area contributed by atoms with E-state index in [9.17, 15) is 4.79 Å². The second-order valence-corrected chi connectivity index (χ2v) is 7.26. The van der Waals surface area contributed by atoms with Gasteiger partial charge in [0.25, 0.3) is 0 Å². The smallest absolute Gasteiger partial charge is 0.410 e. The zero-order valence-electron chi connectivity index (χ0n) is 13.6. The number of carbonyl (C=O) groups is 1. The molecule has 7 heteroatoms. The molecular weight excluding hydrogens is 316 g/mol. The quantitative estimate of drug-likeness (QED) is 0.748. The van der Waals surface area contributed by atoms with Crippen molar-refractivity contribution in [2.45, 2.75) is 45.1 Å². The van der Waals surface area contributed by atoms with Gasteiger partial charge in [-0.25, -0.2) is 14.3 Å². The van der Waals surface area contributed by atoms with Crippen molar-refractivity contribution >= 4 is 23.3 Å². The van der Waals surface area contributed by atoms with Crippen LogP contribution in [0.15, 0.2) is 18.3 Å². The molecule has 23 heavy (non-hydrogen) atoms. The molecule has 0 spiro atoms. The van der Waals surface area contributed by atoms with Gasteiger partial charge in [0.2, 0.25) is 0 Å². The minimum atomic E-state index is -0.484. The third-order valence-corrected chi connectivity index (χ3v) is 4.10. The molecule has 3 heterocycles. The fourth-order valence-electron chi connectivity index (χ4n) is 2.81. The van der Waals surface area contributed by atoms with Crippen molar-refractivity contribution in [1.82, 2.24) is 19.5 Å². The molecule has 1 fully saturated rings. The Morgan fingerprint density at radius 1 is 1.43 bits per heavy atom. The highest BCUT2D eigenvalue weighted by Gasteiger charge is 2.29. The number of hydrogen-bond acceptors (Lipinski definition) is 4. The molecule has 1 amide bonds.